The first-order valence-electron chi connectivity index (χ1n) is 13.4. The van der Waals surface area contributed by atoms with Gasteiger partial charge in [-0.1, -0.05) is 0 Å². The number of benzene rings is 1. The Morgan fingerprint density at radius 2 is 1.95 bits per heavy atom. The number of fused-ring (bicyclic) bond motifs is 1. The maximum Gasteiger partial charge on any atom is 0.410 e. The second-order valence-corrected chi connectivity index (χ2v) is 11.9. The summed E-state index contributed by atoms with van der Waals surface area (Å²) in [6, 6.07) is 5.17. The summed E-state index contributed by atoms with van der Waals surface area (Å²) in [7, 11) is 0. The molecule has 1 atom stereocenters. The third-order valence-electron chi connectivity index (χ3n) is 6.59. The van der Waals surface area contributed by atoms with E-state index in [4.69, 9.17) is 14.5 Å². The van der Waals surface area contributed by atoms with E-state index in [2.05, 4.69) is 36.2 Å². The van der Waals surface area contributed by atoms with Crippen LogP contribution in [0.25, 0.3) is 11.0 Å². The second-order valence-electron chi connectivity index (χ2n) is 11.0. The maximum absolute atomic E-state index is 15.2. The van der Waals surface area contributed by atoms with Crippen molar-refractivity contribution in [2.75, 3.05) is 36.5 Å². The number of nitrogens with zero attached hydrogens (tertiary/aromatic N) is 6. The zero-order chi connectivity index (χ0) is 30.9. The summed E-state index contributed by atoms with van der Waals surface area (Å²) in [4.78, 5) is 33.4. The van der Waals surface area contributed by atoms with Gasteiger partial charge >= 0.3 is 6.09 Å². The summed E-state index contributed by atoms with van der Waals surface area (Å²) >= 11 is 3.58. The molecule has 5 rings (SSSR count). The molecule has 4 aromatic rings. The molecule has 0 saturated carbocycles. The van der Waals surface area contributed by atoms with Crippen LogP contribution >= 0.6 is 15.9 Å². The molecule has 14 heteroatoms. The summed E-state index contributed by atoms with van der Waals surface area (Å²) in [6.45, 7) is 7.89. The molecule has 0 radical (unpaired) electrons. The van der Waals surface area contributed by atoms with E-state index in [1.165, 1.54) is 23.5 Å². The number of hydrogen-bond acceptors (Lipinski definition) is 10. The lowest BCUT2D eigenvalue weighted by molar-refractivity contribution is 0.00698. The van der Waals surface area contributed by atoms with Crippen LogP contribution in [0.15, 0.2) is 47.5 Å². The van der Waals surface area contributed by atoms with Gasteiger partial charge in [0.2, 0.25) is 0 Å². The van der Waals surface area contributed by atoms with Gasteiger partial charge in [-0.05, 0) is 61.3 Å². The first-order valence-corrected chi connectivity index (χ1v) is 14.2. The van der Waals surface area contributed by atoms with Crippen LogP contribution in [0.4, 0.5) is 30.9 Å². The average Bonchev–Trinajstić information content (AvgIpc) is 2.94. The molecular formula is C29H30BrF2N7O4. The predicted octanol–water partition coefficient (Wildman–Crippen LogP) is 5.72. The van der Waals surface area contributed by atoms with Crippen molar-refractivity contribution < 1.29 is 28.2 Å². The number of aliphatic hydroxyl groups is 1. The quantitative estimate of drug-likeness (QED) is 0.266. The number of aliphatic hydroxyl groups excluding tert-OH is 1. The summed E-state index contributed by atoms with van der Waals surface area (Å²) in [6.07, 6.45) is 3.24. The van der Waals surface area contributed by atoms with Gasteiger partial charge in [-0.2, -0.15) is 0 Å². The maximum atomic E-state index is 15.2. The van der Waals surface area contributed by atoms with Gasteiger partial charge in [0.25, 0.3) is 0 Å². The van der Waals surface area contributed by atoms with Crippen LogP contribution in [0.2, 0.25) is 0 Å². The van der Waals surface area contributed by atoms with Gasteiger partial charge < -0.3 is 24.8 Å². The zero-order valence-corrected chi connectivity index (χ0v) is 25.5. The lowest BCUT2D eigenvalue weighted by Gasteiger charge is -2.41. The smallest absolute Gasteiger partial charge is 0.410 e. The van der Waals surface area contributed by atoms with Crippen molar-refractivity contribution in [3.05, 3.63) is 64.7 Å². The fraction of sp³-hybridized carbons (Fsp3) is 0.345. The van der Waals surface area contributed by atoms with Crippen molar-refractivity contribution in [2.24, 2.45) is 0 Å². The van der Waals surface area contributed by atoms with Gasteiger partial charge in [-0.25, -0.2) is 28.5 Å². The minimum atomic E-state index is -0.662. The molecule has 4 heterocycles. The number of piperazine rings is 1. The lowest BCUT2D eigenvalue weighted by Crippen LogP contribution is -2.57. The normalized spacial score (nSPS) is 15.5. The molecule has 1 saturated heterocycles. The Balaban J connectivity index is 1.40. The van der Waals surface area contributed by atoms with E-state index >= 15 is 4.39 Å². The number of carbonyl (C=O) groups excluding carboxylic acids is 1. The minimum absolute atomic E-state index is 0.125. The molecule has 0 aliphatic carbocycles. The van der Waals surface area contributed by atoms with Crippen molar-refractivity contribution in [1.29, 1.82) is 0 Å². The van der Waals surface area contributed by atoms with Gasteiger partial charge in [0.15, 0.2) is 5.82 Å². The zero-order valence-electron chi connectivity index (χ0n) is 23.9. The van der Waals surface area contributed by atoms with E-state index in [-0.39, 0.29) is 29.6 Å². The molecule has 2 N–H and O–H groups in total. The van der Waals surface area contributed by atoms with Gasteiger partial charge in [0.1, 0.15) is 46.4 Å². The molecule has 3 aromatic heterocycles. The van der Waals surface area contributed by atoms with Crippen molar-refractivity contribution >= 4 is 50.4 Å². The van der Waals surface area contributed by atoms with Crippen molar-refractivity contribution in [1.82, 2.24) is 24.8 Å². The number of aromatic nitrogens is 4. The van der Waals surface area contributed by atoms with Gasteiger partial charge in [-0.15, -0.1) is 0 Å². The molecule has 1 fully saturated rings. The summed E-state index contributed by atoms with van der Waals surface area (Å²) < 4.78 is 40.6. The first-order chi connectivity index (χ1) is 20.4. The van der Waals surface area contributed by atoms with Crippen molar-refractivity contribution in [2.45, 2.75) is 39.3 Å². The van der Waals surface area contributed by atoms with Crippen LogP contribution in [-0.2, 0) is 4.74 Å². The number of carbonyl (C=O) groups is 1. The molecule has 0 unspecified atom stereocenters. The number of ether oxygens (including phenoxy) is 2. The Hall–Kier alpha value is -4.17. The van der Waals surface area contributed by atoms with Gasteiger partial charge in [0, 0.05) is 31.8 Å². The summed E-state index contributed by atoms with van der Waals surface area (Å²) in [5.41, 5.74) is 0.944. The van der Waals surface area contributed by atoms with Gasteiger partial charge in [0.05, 0.1) is 40.7 Å². The number of hydrogen-bond donors (Lipinski definition) is 2. The number of halogens is 3. The number of pyridine rings is 2. The van der Waals surface area contributed by atoms with Crippen LogP contribution in [0.5, 0.6) is 11.5 Å². The van der Waals surface area contributed by atoms with Crippen molar-refractivity contribution in [3.63, 3.8) is 0 Å². The number of rotatable bonds is 6. The van der Waals surface area contributed by atoms with Crippen LogP contribution in [0.3, 0.4) is 0 Å². The third kappa shape index (κ3) is 6.91. The third-order valence-corrected chi connectivity index (χ3v) is 7.18. The first kappa shape index (κ1) is 30.3. The Bertz CT molecular complexity index is 1670. The Labute approximate surface area is 255 Å². The van der Waals surface area contributed by atoms with Crippen LogP contribution in [-0.4, -0.2) is 73.9 Å². The highest BCUT2D eigenvalue weighted by atomic mass is 79.9. The predicted molar refractivity (Wildman–Crippen MR) is 160 cm³/mol. The number of aryl methyl sites for hydroxylation is 1. The number of nitrogens with one attached hydrogen (secondary N) is 1. The highest BCUT2D eigenvalue weighted by molar-refractivity contribution is 9.10. The fourth-order valence-electron chi connectivity index (χ4n) is 4.60. The average molecular weight is 659 g/mol. The summed E-state index contributed by atoms with van der Waals surface area (Å²) in [5.74, 6) is -0.0279. The van der Waals surface area contributed by atoms with Crippen LogP contribution in [0.1, 0.15) is 26.3 Å². The molecule has 43 heavy (non-hydrogen) atoms. The summed E-state index contributed by atoms with van der Waals surface area (Å²) in [5, 5.41) is 13.1. The molecule has 0 bridgehead atoms. The Kier molecular flexibility index (Phi) is 8.60. The minimum Gasteiger partial charge on any atom is -0.455 e. The number of anilines is 3. The lowest BCUT2D eigenvalue weighted by atomic mass is 10.1. The van der Waals surface area contributed by atoms with E-state index in [0.717, 1.165) is 12.3 Å². The highest BCUT2D eigenvalue weighted by Crippen LogP contribution is 2.34. The van der Waals surface area contributed by atoms with E-state index in [9.17, 15) is 14.3 Å². The fourth-order valence-corrected chi connectivity index (χ4v) is 5.16. The molecule has 1 aromatic carbocycles. The molecule has 0 spiro atoms. The molecule has 11 nitrogen and oxygen atoms in total. The Morgan fingerprint density at radius 3 is 2.67 bits per heavy atom. The van der Waals surface area contributed by atoms with E-state index in [1.807, 2.05) is 4.90 Å². The van der Waals surface area contributed by atoms with E-state index in [0.29, 0.717) is 46.5 Å². The molecule has 1 aliphatic heterocycles. The van der Waals surface area contributed by atoms with Gasteiger partial charge in [-0.3, -0.25) is 9.88 Å². The van der Waals surface area contributed by atoms with E-state index in [1.54, 1.807) is 39.8 Å². The molecule has 1 aliphatic rings. The molecular weight excluding hydrogens is 628 g/mol. The van der Waals surface area contributed by atoms with Crippen molar-refractivity contribution in [3.8, 4) is 11.5 Å². The second kappa shape index (κ2) is 12.2. The molecule has 1 amide bonds. The van der Waals surface area contributed by atoms with E-state index < -0.39 is 29.4 Å². The van der Waals surface area contributed by atoms with Crippen LogP contribution in [0, 0.1) is 18.6 Å². The van der Waals surface area contributed by atoms with Crippen LogP contribution < -0.4 is 15.0 Å². The SMILES string of the molecule is Cc1cc(Nc2ncnc3cc(Br)c(N4CCN(C(=O)OC(C)(C)C)[C@H](CO)C4)nc23)c(F)cc1Oc1cncc(F)c1. The topological polar surface area (TPSA) is 126 Å². The highest BCUT2D eigenvalue weighted by Gasteiger charge is 2.34. The standard InChI is InChI=1S/C29H30BrF2N7O4/c1-16-7-22(21(32)10-24(16)42-19-8-17(31)11-33-12-19)36-26-25-23(34-15-35-26)9-20(30)27(37-25)38-5-6-39(18(13-38)14-40)28(41)43-29(2,3)4/h7-12,15,18,40H,5-6,13-14H2,1-4H3,(H,34,35,36)/t18-/m0/s1. The monoisotopic (exact) mass is 657 g/mol. The Morgan fingerprint density at radius 1 is 1.16 bits per heavy atom. The number of amides is 1. The molecule has 226 valence electrons. The largest absolute Gasteiger partial charge is 0.455 e.